The third-order valence-electron chi connectivity index (χ3n) is 5.30. The zero-order valence-corrected chi connectivity index (χ0v) is 14.4. The fourth-order valence-corrected chi connectivity index (χ4v) is 3.90. The van der Waals surface area contributed by atoms with Crippen LogP contribution in [0.2, 0.25) is 0 Å². The van der Waals surface area contributed by atoms with Gasteiger partial charge in [0.2, 0.25) is 5.91 Å². The number of hydrogen-bond acceptors (Lipinski definition) is 3. The molecule has 0 aromatic heterocycles. The first-order valence-corrected chi connectivity index (χ1v) is 9.09. The predicted octanol–water partition coefficient (Wildman–Crippen LogP) is 3.20. The topological polar surface area (TPSA) is 46.6 Å². The zero-order valence-electron chi connectivity index (χ0n) is 14.4. The van der Waals surface area contributed by atoms with Crippen molar-refractivity contribution in [3.63, 3.8) is 0 Å². The van der Waals surface area contributed by atoms with Gasteiger partial charge in [-0.15, -0.1) is 0 Å². The Kier molecular flexibility index (Phi) is 5.67. The quantitative estimate of drug-likeness (QED) is 0.772. The van der Waals surface area contributed by atoms with Gasteiger partial charge < -0.3 is 9.64 Å². The second-order valence-electron chi connectivity index (χ2n) is 7.23. The van der Waals surface area contributed by atoms with Crippen molar-refractivity contribution in [3.8, 4) is 0 Å². The molecule has 3 rings (SSSR count). The Morgan fingerprint density at radius 3 is 2.88 bits per heavy atom. The molecule has 1 saturated carbocycles. The first kappa shape index (κ1) is 17.2. The molecule has 0 bridgehead atoms. The molecule has 4 heteroatoms. The van der Waals surface area contributed by atoms with Gasteiger partial charge in [0.15, 0.2) is 5.78 Å². The van der Waals surface area contributed by atoms with Crippen molar-refractivity contribution >= 4 is 11.7 Å². The maximum absolute atomic E-state index is 12.5. The summed E-state index contributed by atoms with van der Waals surface area (Å²) in [6.45, 7) is 4.15. The monoisotopic (exact) mass is 329 g/mol. The Bertz CT molecular complexity index is 572. The number of Topliss-reactive ketones (excluding diaryl/α,β-unsaturated/α-hetero) is 1. The number of ketones is 1. The van der Waals surface area contributed by atoms with Crippen LogP contribution >= 0.6 is 0 Å². The molecule has 1 aromatic carbocycles. The van der Waals surface area contributed by atoms with Crippen molar-refractivity contribution in [2.24, 2.45) is 11.8 Å². The van der Waals surface area contributed by atoms with Crippen LogP contribution in [-0.2, 0) is 20.9 Å². The van der Waals surface area contributed by atoms with E-state index in [1.807, 2.05) is 23.1 Å². The third kappa shape index (κ3) is 4.04. The van der Waals surface area contributed by atoms with Crippen molar-refractivity contribution in [2.75, 3.05) is 13.2 Å². The number of nitrogens with zero attached hydrogens (tertiary/aromatic N) is 1. The van der Waals surface area contributed by atoms with Gasteiger partial charge in [0.1, 0.15) is 0 Å². The Hall–Kier alpha value is -1.68. The molecule has 0 spiro atoms. The molecule has 2 fully saturated rings. The number of hydrogen-bond donors (Lipinski definition) is 0. The maximum atomic E-state index is 12.5. The highest BCUT2D eigenvalue weighted by atomic mass is 16.5. The van der Waals surface area contributed by atoms with E-state index in [-0.39, 0.29) is 17.7 Å². The van der Waals surface area contributed by atoms with Gasteiger partial charge >= 0.3 is 0 Å². The Morgan fingerprint density at radius 2 is 2.08 bits per heavy atom. The molecule has 130 valence electrons. The van der Waals surface area contributed by atoms with Crippen LogP contribution < -0.4 is 0 Å². The van der Waals surface area contributed by atoms with Crippen molar-refractivity contribution < 1.29 is 14.3 Å². The van der Waals surface area contributed by atoms with Crippen molar-refractivity contribution in [1.82, 2.24) is 4.90 Å². The van der Waals surface area contributed by atoms with Gasteiger partial charge in [-0.25, -0.2) is 0 Å². The molecule has 1 heterocycles. The average molecular weight is 329 g/mol. The molecule has 0 radical (unpaired) electrons. The van der Waals surface area contributed by atoms with Gasteiger partial charge in [-0.05, 0) is 36.7 Å². The molecule has 1 aromatic rings. The lowest BCUT2D eigenvalue weighted by Gasteiger charge is -2.23. The Morgan fingerprint density at radius 1 is 1.29 bits per heavy atom. The lowest BCUT2D eigenvalue weighted by molar-refractivity contribution is -0.137. The van der Waals surface area contributed by atoms with E-state index in [0.29, 0.717) is 37.9 Å². The molecule has 1 amide bonds. The highest BCUT2D eigenvalue weighted by molar-refractivity contribution is 5.91. The molecule has 24 heavy (non-hydrogen) atoms. The van der Waals surface area contributed by atoms with E-state index in [1.54, 1.807) is 0 Å². The fraction of sp³-hybridized carbons (Fsp3) is 0.600. The second kappa shape index (κ2) is 7.93. The van der Waals surface area contributed by atoms with Gasteiger partial charge in [0.05, 0.1) is 12.6 Å². The van der Waals surface area contributed by atoms with Crippen LogP contribution in [0.1, 0.15) is 44.6 Å². The van der Waals surface area contributed by atoms with Gasteiger partial charge in [0, 0.05) is 26.0 Å². The van der Waals surface area contributed by atoms with Crippen LogP contribution in [0, 0.1) is 11.8 Å². The SMILES string of the molecule is CC(CCC(=O)N1CCC2CCC(=O)C21)COCc1ccccc1. The molecule has 1 aliphatic carbocycles. The van der Waals surface area contributed by atoms with Gasteiger partial charge in [0.25, 0.3) is 0 Å². The molecular formula is C20H27NO3. The summed E-state index contributed by atoms with van der Waals surface area (Å²) in [5.41, 5.74) is 1.17. The molecule has 0 N–H and O–H groups in total. The van der Waals surface area contributed by atoms with Crippen LogP contribution in [0.3, 0.4) is 0 Å². The normalized spacial score (nSPS) is 24.2. The zero-order chi connectivity index (χ0) is 16.9. The number of fused-ring (bicyclic) bond motifs is 1. The van der Waals surface area contributed by atoms with E-state index in [1.165, 1.54) is 5.56 Å². The molecule has 3 atom stereocenters. The standard InChI is InChI=1S/C20H27NO3/c1-15(13-24-14-16-5-3-2-4-6-16)7-10-19(23)21-12-11-17-8-9-18(22)20(17)21/h2-6,15,17,20H,7-14H2,1H3. The summed E-state index contributed by atoms with van der Waals surface area (Å²) in [5.74, 6) is 1.18. The summed E-state index contributed by atoms with van der Waals surface area (Å²) in [5, 5.41) is 0. The summed E-state index contributed by atoms with van der Waals surface area (Å²) >= 11 is 0. The number of benzene rings is 1. The molecule has 3 unspecified atom stereocenters. The predicted molar refractivity (Wildman–Crippen MR) is 92.3 cm³/mol. The van der Waals surface area contributed by atoms with Crippen LogP contribution in [0.4, 0.5) is 0 Å². The highest BCUT2D eigenvalue weighted by Gasteiger charge is 2.44. The molecule has 1 saturated heterocycles. The van der Waals surface area contributed by atoms with Crippen molar-refractivity contribution in [2.45, 2.75) is 51.7 Å². The van der Waals surface area contributed by atoms with Gasteiger partial charge in [-0.3, -0.25) is 9.59 Å². The average Bonchev–Trinajstić information content (AvgIpc) is 3.17. The summed E-state index contributed by atoms with van der Waals surface area (Å²) in [4.78, 5) is 26.3. The minimum atomic E-state index is -0.109. The van der Waals surface area contributed by atoms with E-state index < -0.39 is 0 Å². The number of rotatable bonds is 7. The summed E-state index contributed by atoms with van der Waals surface area (Å²) in [6.07, 6.45) is 3.96. The minimum absolute atomic E-state index is 0.109. The first-order valence-electron chi connectivity index (χ1n) is 9.09. The molecule has 1 aliphatic heterocycles. The number of carbonyl (C=O) groups excluding carboxylic acids is 2. The summed E-state index contributed by atoms with van der Waals surface area (Å²) in [7, 11) is 0. The van der Waals surface area contributed by atoms with Crippen molar-refractivity contribution in [1.29, 1.82) is 0 Å². The minimum Gasteiger partial charge on any atom is -0.376 e. The number of carbonyl (C=O) groups is 2. The number of amides is 1. The van der Waals surface area contributed by atoms with Crippen LogP contribution in [0.15, 0.2) is 30.3 Å². The second-order valence-corrected chi connectivity index (χ2v) is 7.23. The maximum Gasteiger partial charge on any atom is 0.223 e. The lowest BCUT2D eigenvalue weighted by atomic mass is 10.0. The lowest BCUT2D eigenvalue weighted by Crippen LogP contribution is -2.40. The van der Waals surface area contributed by atoms with Gasteiger partial charge in [-0.1, -0.05) is 37.3 Å². The van der Waals surface area contributed by atoms with Crippen molar-refractivity contribution in [3.05, 3.63) is 35.9 Å². The number of ether oxygens (including phenoxy) is 1. The highest BCUT2D eigenvalue weighted by Crippen LogP contribution is 2.36. The van der Waals surface area contributed by atoms with E-state index in [9.17, 15) is 9.59 Å². The molecular weight excluding hydrogens is 302 g/mol. The summed E-state index contributed by atoms with van der Waals surface area (Å²) < 4.78 is 5.75. The molecule has 2 aliphatic rings. The number of likely N-dealkylation sites (tertiary alicyclic amines) is 1. The smallest absolute Gasteiger partial charge is 0.223 e. The van der Waals surface area contributed by atoms with E-state index in [0.717, 1.165) is 25.8 Å². The van der Waals surface area contributed by atoms with Crippen LogP contribution in [-0.4, -0.2) is 35.8 Å². The van der Waals surface area contributed by atoms with Crippen LogP contribution in [0.25, 0.3) is 0 Å². The van der Waals surface area contributed by atoms with Gasteiger partial charge in [-0.2, -0.15) is 0 Å². The Balaban J connectivity index is 1.37. The Labute approximate surface area is 144 Å². The third-order valence-corrected chi connectivity index (χ3v) is 5.30. The fourth-order valence-electron chi connectivity index (χ4n) is 3.90. The van der Waals surface area contributed by atoms with E-state index in [2.05, 4.69) is 19.1 Å². The van der Waals surface area contributed by atoms with E-state index in [4.69, 9.17) is 4.74 Å². The van der Waals surface area contributed by atoms with Crippen LogP contribution in [0.5, 0.6) is 0 Å². The first-order chi connectivity index (χ1) is 11.6. The van der Waals surface area contributed by atoms with E-state index >= 15 is 0 Å². The summed E-state index contributed by atoms with van der Waals surface area (Å²) in [6, 6.07) is 10.0. The largest absolute Gasteiger partial charge is 0.376 e. The molecule has 4 nitrogen and oxygen atoms in total.